The first-order valence-corrected chi connectivity index (χ1v) is 3.65. The van der Waals surface area contributed by atoms with Gasteiger partial charge in [0.2, 0.25) is 0 Å². The molecular weight excluding hydrogens is 112 g/mol. The SMILES string of the molecule is CCC(N)NCC(C)C. The molecule has 1 unspecified atom stereocenters. The number of nitrogens with one attached hydrogen (secondary N) is 1. The van der Waals surface area contributed by atoms with E-state index in [0.717, 1.165) is 13.0 Å². The summed E-state index contributed by atoms with van der Waals surface area (Å²) in [6, 6.07) is 0. The van der Waals surface area contributed by atoms with Crippen LogP contribution in [-0.4, -0.2) is 12.7 Å². The summed E-state index contributed by atoms with van der Waals surface area (Å²) in [6.07, 6.45) is 1.19. The summed E-state index contributed by atoms with van der Waals surface area (Å²) in [4.78, 5) is 0. The van der Waals surface area contributed by atoms with Crippen molar-refractivity contribution in [2.75, 3.05) is 6.54 Å². The van der Waals surface area contributed by atoms with Gasteiger partial charge in [0, 0.05) is 0 Å². The molecule has 0 saturated heterocycles. The van der Waals surface area contributed by atoms with Crippen LogP contribution in [0.5, 0.6) is 0 Å². The predicted octanol–water partition coefficient (Wildman–Crippen LogP) is 0.927. The van der Waals surface area contributed by atoms with Gasteiger partial charge in [-0.2, -0.15) is 0 Å². The van der Waals surface area contributed by atoms with Crippen molar-refractivity contribution in [2.45, 2.75) is 33.4 Å². The highest BCUT2D eigenvalue weighted by Crippen LogP contribution is 1.88. The fourth-order valence-corrected chi connectivity index (χ4v) is 0.531. The highest BCUT2D eigenvalue weighted by atomic mass is 15.0. The van der Waals surface area contributed by atoms with Gasteiger partial charge in [0.15, 0.2) is 0 Å². The van der Waals surface area contributed by atoms with Crippen LogP contribution in [0.25, 0.3) is 0 Å². The van der Waals surface area contributed by atoms with Gasteiger partial charge < -0.3 is 11.1 Å². The Balaban J connectivity index is 3.06. The third kappa shape index (κ3) is 5.80. The second-order valence-electron chi connectivity index (χ2n) is 2.82. The molecule has 56 valence electrons. The fraction of sp³-hybridized carbons (Fsp3) is 1.00. The smallest absolute Gasteiger partial charge is 0.0543 e. The Labute approximate surface area is 57.8 Å². The number of hydrogen-bond acceptors (Lipinski definition) is 2. The largest absolute Gasteiger partial charge is 0.316 e. The molecule has 0 aromatic carbocycles. The minimum Gasteiger partial charge on any atom is -0.316 e. The fourth-order valence-electron chi connectivity index (χ4n) is 0.531. The van der Waals surface area contributed by atoms with Crippen molar-refractivity contribution in [1.82, 2.24) is 5.32 Å². The van der Waals surface area contributed by atoms with E-state index in [1.54, 1.807) is 0 Å². The van der Waals surface area contributed by atoms with Gasteiger partial charge in [-0.1, -0.05) is 20.8 Å². The zero-order valence-electron chi connectivity index (χ0n) is 6.65. The second kappa shape index (κ2) is 4.77. The summed E-state index contributed by atoms with van der Waals surface area (Å²) < 4.78 is 0. The summed E-state index contributed by atoms with van der Waals surface area (Å²) >= 11 is 0. The summed E-state index contributed by atoms with van der Waals surface area (Å²) in [6.45, 7) is 7.46. The normalized spacial score (nSPS) is 14.3. The maximum Gasteiger partial charge on any atom is 0.0543 e. The first kappa shape index (κ1) is 8.92. The quantitative estimate of drug-likeness (QED) is 0.555. The third-order valence-electron chi connectivity index (χ3n) is 1.23. The lowest BCUT2D eigenvalue weighted by Gasteiger charge is -2.12. The molecule has 0 saturated carbocycles. The Bertz CT molecular complexity index is 61.9. The van der Waals surface area contributed by atoms with E-state index >= 15 is 0 Å². The molecule has 0 aromatic rings. The van der Waals surface area contributed by atoms with Crippen LogP contribution in [0.2, 0.25) is 0 Å². The molecule has 0 aliphatic rings. The van der Waals surface area contributed by atoms with Crippen LogP contribution in [0, 0.1) is 5.92 Å². The van der Waals surface area contributed by atoms with Crippen LogP contribution in [0.4, 0.5) is 0 Å². The van der Waals surface area contributed by atoms with Gasteiger partial charge in [-0.25, -0.2) is 0 Å². The van der Waals surface area contributed by atoms with Gasteiger partial charge in [0.1, 0.15) is 0 Å². The standard InChI is InChI=1S/C7H18N2/c1-4-7(8)9-5-6(2)3/h6-7,9H,4-5,8H2,1-3H3. The van der Waals surface area contributed by atoms with Gasteiger partial charge in [0.05, 0.1) is 6.17 Å². The summed E-state index contributed by atoms with van der Waals surface area (Å²) in [7, 11) is 0. The molecule has 0 bridgehead atoms. The van der Waals surface area contributed by atoms with Crippen LogP contribution in [-0.2, 0) is 0 Å². The molecule has 0 radical (unpaired) electrons. The molecule has 0 aliphatic carbocycles. The van der Waals surface area contributed by atoms with Crippen molar-refractivity contribution in [3.05, 3.63) is 0 Å². The molecule has 0 aromatic heterocycles. The second-order valence-corrected chi connectivity index (χ2v) is 2.82. The van der Waals surface area contributed by atoms with Crippen LogP contribution in [0.15, 0.2) is 0 Å². The number of hydrogen-bond donors (Lipinski definition) is 2. The first-order chi connectivity index (χ1) is 4.16. The van der Waals surface area contributed by atoms with E-state index in [1.165, 1.54) is 0 Å². The van der Waals surface area contributed by atoms with E-state index in [-0.39, 0.29) is 6.17 Å². The Hall–Kier alpha value is -0.0800. The highest BCUT2D eigenvalue weighted by Gasteiger charge is 1.97. The summed E-state index contributed by atoms with van der Waals surface area (Å²) in [5.74, 6) is 0.697. The molecule has 2 heteroatoms. The van der Waals surface area contributed by atoms with Crippen LogP contribution in [0.1, 0.15) is 27.2 Å². The first-order valence-electron chi connectivity index (χ1n) is 3.65. The third-order valence-corrected chi connectivity index (χ3v) is 1.23. The molecule has 0 rings (SSSR count). The molecule has 3 N–H and O–H groups in total. The number of rotatable bonds is 4. The van der Waals surface area contributed by atoms with Gasteiger partial charge in [-0.3, -0.25) is 0 Å². The van der Waals surface area contributed by atoms with Crippen LogP contribution < -0.4 is 11.1 Å². The van der Waals surface area contributed by atoms with Gasteiger partial charge in [-0.15, -0.1) is 0 Å². The van der Waals surface area contributed by atoms with E-state index < -0.39 is 0 Å². The number of nitrogens with two attached hydrogens (primary N) is 1. The monoisotopic (exact) mass is 130 g/mol. The van der Waals surface area contributed by atoms with Crippen molar-refractivity contribution >= 4 is 0 Å². The molecule has 0 heterocycles. The zero-order chi connectivity index (χ0) is 7.28. The van der Waals surface area contributed by atoms with E-state index in [0.29, 0.717) is 5.92 Å². The Kier molecular flexibility index (Phi) is 4.72. The lowest BCUT2D eigenvalue weighted by atomic mass is 10.2. The van der Waals surface area contributed by atoms with Gasteiger partial charge in [0.25, 0.3) is 0 Å². The Morgan fingerprint density at radius 1 is 1.44 bits per heavy atom. The molecule has 2 nitrogen and oxygen atoms in total. The lowest BCUT2D eigenvalue weighted by Crippen LogP contribution is -2.38. The Morgan fingerprint density at radius 2 is 2.00 bits per heavy atom. The minimum atomic E-state index is 0.187. The minimum absolute atomic E-state index is 0.187. The molecule has 0 aliphatic heterocycles. The van der Waals surface area contributed by atoms with Crippen molar-refractivity contribution in [3.63, 3.8) is 0 Å². The molecule has 9 heavy (non-hydrogen) atoms. The topological polar surface area (TPSA) is 38.0 Å². The molecule has 0 fully saturated rings. The summed E-state index contributed by atoms with van der Waals surface area (Å²) in [5, 5.41) is 3.21. The average molecular weight is 130 g/mol. The van der Waals surface area contributed by atoms with E-state index in [2.05, 4.69) is 26.1 Å². The van der Waals surface area contributed by atoms with Crippen molar-refractivity contribution < 1.29 is 0 Å². The van der Waals surface area contributed by atoms with Crippen molar-refractivity contribution in [1.29, 1.82) is 0 Å². The lowest BCUT2D eigenvalue weighted by molar-refractivity contribution is 0.462. The van der Waals surface area contributed by atoms with Crippen molar-refractivity contribution in [2.24, 2.45) is 11.7 Å². The van der Waals surface area contributed by atoms with Crippen LogP contribution in [0.3, 0.4) is 0 Å². The highest BCUT2D eigenvalue weighted by molar-refractivity contribution is 4.56. The summed E-state index contributed by atoms with van der Waals surface area (Å²) in [5.41, 5.74) is 5.61. The average Bonchev–Trinajstić information content (AvgIpc) is 1.83. The van der Waals surface area contributed by atoms with E-state index in [4.69, 9.17) is 5.73 Å². The van der Waals surface area contributed by atoms with E-state index in [9.17, 15) is 0 Å². The van der Waals surface area contributed by atoms with E-state index in [1.807, 2.05) is 0 Å². The van der Waals surface area contributed by atoms with Gasteiger partial charge in [-0.05, 0) is 18.9 Å². The maximum atomic E-state index is 5.61. The molecule has 0 spiro atoms. The predicted molar refractivity (Wildman–Crippen MR) is 41.1 cm³/mol. The molecule has 1 atom stereocenters. The maximum absolute atomic E-state index is 5.61. The molecule has 0 amide bonds. The van der Waals surface area contributed by atoms with Crippen LogP contribution >= 0.6 is 0 Å². The Morgan fingerprint density at radius 3 is 2.33 bits per heavy atom. The molecular formula is C7H18N2. The van der Waals surface area contributed by atoms with Crippen molar-refractivity contribution in [3.8, 4) is 0 Å². The zero-order valence-corrected chi connectivity index (χ0v) is 6.65. The van der Waals surface area contributed by atoms with Gasteiger partial charge >= 0.3 is 0 Å².